The summed E-state index contributed by atoms with van der Waals surface area (Å²) >= 11 is 17.6. The maximum atomic E-state index is 13.0. The van der Waals surface area contributed by atoms with Crippen molar-refractivity contribution >= 4 is 83.7 Å². The van der Waals surface area contributed by atoms with Gasteiger partial charge in [0.25, 0.3) is 37.5 Å². The Morgan fingerprint density at radius 1 is 0.574 bits per heavy atom. The molecule has 0 saturated carbocycles. The van der Waals surface area contributed by atoms with Crippen molar-refractivity contribution < 1.29 is 40.2 Å². The first-order valence-corrected chi connectivity index (χ1v) is 25.3. The number of hydrogen-bond acceptors (Lipinski definition) is 12. The summed E-state index contributed by atoms with van der Waals surface area (Å²) in [5, 5.41) is 24.6. The maximum absolute atomic E-state index is 13.0. The molecule has 0 atom stereocenters. The van der Waals surface area contributed by atoms with Gasteiger partial charge in [-0.2, -0.15) is 8.61 Å². The van der Waals surface area contributed by atoms with E-state index in [2.05, 4.69) is 21.3 Å². The van der Waals surface area contributed by atoms with Gasteiger partial charge < -0.3 is 30.1 Å². The fourth-order valence-corrected chi connectivity index (χ4v) is 10.6. The molecule has 0 bridgehead atoms. The number of nitro benzene ring substituents is 1. The van der Waals surface area contributed by atoms with Gasteiger partial charge in [0.05, 0.1) is 18.0 Å². The van der Waals surface area contributed by atoms with Crippen LogP contribution in [0, 0.1) is 10.1 Å². The van der Waals surface area contributed by atoms with E-state index in [0.29, 0.717) is 82.2 Å². The van der Waals surface area contributed by atoms with Crippen molar-refractivity contribution in [2.75, 3.05) is 36.8 Å². The number of anilines is 2. The first-order valence-electron chi connectivity index (χ1n) is 21.3. The zero-order valence-electron chi connectivity index (χ0n) is 36.1. The van der Waals surface area contributed by atoms with E-state index in [1.165, 1.54) is 32.9 Å². The summed E-state index contributed by atoms with van der Waals surface area (Å²) < 4.78 is 65.9. The largest absolute Gasteiger partial charge is 0.446 e. The number of benzene rings is 4. The quantitative estimate of drug-likeness (QED) is 0.0559. The molecule has 2 aliphatic heterocycles. The summed E-state index contributed by atoms with van der Waals surface area (Å²) in [5.74, 6) is 0.0208. The van der Waals surface area contributed by atoms with Crippen LogP contribution >= 0.6 is 34.8 Å². The molecule has 4 aromatic carbocycles. The molecule has 2 fully saturated rings. The van der Waals surface area contributed by atoms with Gasteiger partial charge >= 0.3 is 0 Å². The Morgan fingerprint density at radius 2 is 0.971 bits per heavy atom. The second-order valence-electron chi connectivity index (χ2n) is 15.7. The van der Waals surface area contributed by atoms with Crippen molar-refractivity contribution in [3.05, 3.63) is 169 Å². The molecule has 2 saturated heterocycles. The highest BCUT2D eigenvalue weighted by Crippen LogP contribution is 2.29. The van der Waals surface area contributed by atoms with Gasteiger partial charge in [0.1, 0.15) is 17.2 Å². The van der Waals surface area contributed by atoms with Crippen LogP contribution < -0.4 is 21.3 Å². The second-order valence-corrected chi connectivity index (χ2v) is 20.8. The fourth-order valence-electron chi connectivity index (χ4n) is 7.42. The number of nitro groups is 1. The second kappa shape index (κ2) is 22.5. The summed E-state index contributed by atoms with van der Waals surface area (Å²) in [6, 6.07) is 32.6. The summed E-state index contributed by atoms with van der Waals surface area (Å²) in [7, 11) is -7.60. The molecule has 8 rings (SSSR count). The number of piperidine rings is 2. The molecule has 68 heavy (non-hydrogen) atoms. The first kappa shape index (κ1) is 50.0. The summed E-state index contributed by atoms with van der Waals surface area (Å²) in [6.07, 6.45) is 2.31. The summed E-state index contributed by atoms with van der Waals surface area (Å²) in [5.41, 5.74) is 2.22. The molecular formula is C46H46Cl3N7O10S2. The number of amides is 2. The van der Waals surface area contributed by atoms with Gasteiger partial charge in [0, 0.05) is 76.2 Å². The Bertz CT molecular complexity index is 2920. The molecule has 6 aromatic rings. The lowest BCUT2D eigenvalue weighted by Crippen LogP contribution is -2.42. The molecule has 4 heterocycles. The van der Waals surface area contributed by atoms with Crippen LogP contribution in [0.3, 0.4) is 0 Å². The van der Waals surface area contributed by atoms with Crippen LogP contribution in [0.2, 0.25) is 15.1 Å². The molecule has 2 aliphatic rings. The zero-order chi connectivity index (χ0) is 48.4. The predicted octanol–water partition coefficient (Wildman–Crippen LogP) is 8.82. The van der Waals surface area contributed by atoms with Crippen molar-refractivity contribution in [2.24, 2.45) is 0 Å². The molecule has 2 amide bonds. The summed E-state index contributed by atoms with van der Waals surface area (Å²) in [6.45, 7) is 1.35. The van der Waals surface area contributed by atoms with Crippen LogP contribution in [0.15, 0.2) is 140 Å². The minimum Gasteiger partial charge on any atom is -0.446 e. The minimum absolute atomic E-state index is 0.0196. The smallest absolute Gasteiger partial charge is 0.292 e. The summed E-state index contributed by atoms with van der Waals surface area (Å²) in [4.78, 5) is 35.2. The number of nitrogens with zero attached hydrogens (tertiary/aromatic N) is 3. The van der Waals surface area contributed by atoms with E-state index in [0.717, 1.165) is 5.69 Å². The monoisotopic (exact) mass is 1030 g/mol. The highest BCUT2D eigenvalue weighted by molar-refractivity contribution is 7.89. The van der Waals surface area contributed by atoms with Gasteiger partial charge in [-0.15, -0.1) is 0 Å². The first-order chi connectivity index (χ1) is 32.5. The number of sulfonamides is 2. The van der Waals surface area contributed by atoms with Crippen LogP contribution in [0.4, 0.5) is 17.1 Å². The number of para-hydroxylation sites is 2. The highest BCUT2D eigenvalue weighted by atomic mass is 35.5. The van der Waals surface area contributed by atoms with E-state index in [4.69, 9.17) is 43.6 Å². The topological polar surface area (TPSA) is 226 Å². The third kappa shape index (κ3) is 13.0. The minimum atomic E-state index is -3.85. The number of rotatable bonds is 15. The van der Waals surface area contributed by atoms with Crippen molar-refractivity contribution in [1.29, 1.82) is 0 Å². The molecule has 22 heteroatoms. The van der Waals surface area contributed by atoms with Crippen molar-refractivity contribution in [1.82, 2.24) is 19.2 Å². The Hall–Kier alpha value is -5.93. The normalized spacial score (nSPS) is 15.2. The number of hydrogen-bond donors (Lipinski definition) is 4. The molecule has 4 N–H and O–H groups in total. The third-order valence-corrected chi connectivity index (χ3v) is 15.4. The lowest BCUT2D eigenvalue weighted by Gasteiger charge is -2.31. The Morgan fingerprint density at radius 3 is 1.40 bits per heavy atom. The Labute approximate surface area is 408 Å². The Kier molecular flexibility index (Phi) is 16.5. The third-order valence-electron chi connectivity index (χ3n) is 11.1. The lowest BCUT2D eigenvalue weighted by atomic mass is 10.1. The maximum Gasteiger partial charge on any atom is 0.292 e. The molecule has 358 valence electrons. The molecular weight excluding hydrogens is 981 g/mol. The van der Waals surface area contributed by atoms with Gasteiger partial charge in [-0.05, 0) is 129 Å². The molecule has 17 nitrogen and oxygen atoms in total. The average Bonchev–Trinajstić information content (AvgIpc) is 4.04. The van der Waals surface area contributed by atoms with Gasteiger partial charge in [0.15, 0.2) is 0 Å². The van der Waals surface area contributed by atoms with E-state index in [-0.39, 0.29) is 65.9 Å². The molecule has 0 unspecified atom stereocenters. The van der Waals surface area contributed by atoms with Crippen LogP contribution in [-0.4, -0.2) is 80.4 Å². The molecule has 0 spiro atoms. The number of carbonyl (C=O) groups is 2. The van der Waals surface area contributed by atoms with E-state index in [1.807, 2.05) is 24.3 Å². The Balaban J connectivity index is 0.000000202. The van der Waals surface area contributed by atoms with Gasteiger partial charge in [-0.1, -0.05) is 46.9 Å². The number of carbonyl (C=O) groups excluding carboxylic acids is 2. The van der Waals surface area contributed by atoms with Crippen LogP contribution in [-0.2, 0) is 33.1 Å². The van der Waals surface area contributed by atoms with Crippen LogP contribution in [0.5, 0.6) is 0 Å². The standard InChI is InChI=1S/C23H23Cl2N3O4S.C23H23ClN4O6S/c24-17-3-1-16(2-4-17)23(29)26-15-21-9-10-22(32-21)33(30,31)28-13-11-20(12-14-28)27-19-7-5-18(25)6-8-19;24-17-7-5-16(6-8-17)23(29)25-15-19-9-10-22(34-19)35(32,33)27-13-11-18(12-14-27)26-20-3-1-2-4-21(20)28(30)31/h1-10,20,27H,11-15H2,(H,26,29);1-10,18,26H,11-15H2,(H,25,29). The predicted molar refractivity (Wildman–Crippen MR) is 258 cm³/mol. The van der Waals surface area contributed by atoms with Crippen LogP contribution in [0.1, 0.15) is 57.9 Å². The number of halogens is 3. The zero-order valence-corrected chi connectivity index (χ0v) is 40.0. The van der Waals surface area contributed by atoms with E-state index >= 15 is 0 Å². The molecule has 0 aliphatic carbocycles. The van der Waals surface area contributed by atoms with Gasteiger partial charge in [-0.25, -0.2) is 16.8 Å². The molecule has 0 radical (unpaired) electrons. The van der Waals surface area contributed by atoms with E-state index in [9.17, 15) is 36.5 Å². The van der Waals surface area contributed by atoms with Crippen LogP contribution in [0.25, 0.3) is 0 Å². The SMILES string of the molecule is O=C(NCc1ccc(S(=O)(=O)N2CCC(Nc3ccc(Cl)cc3)CC2)o1)c1ccc(Cl)cc1.O=C(NCc1ccc(S(=O)(=O)N2CCC(Nc3ccccc3[N+](=O)[O-])CC2)o1)c1ccc(Cl)cc1. The van der Waals surface area contributed by atoms with Crippen molar-refractivity contribution in [3.8, 4) is 0 Å². The van der Waals surface area contributed by atoms with E-state index in [1.54, 1.807) is 72.8 Å². The highest BCUT2D eigenvalue weighted by Gasteiger charge is 2.33. The van der Waals surface area contributed by atoms with Gasteiger partial charge in [-0.3, -0.25) is 19.7 Å². The van der Waals surface area contributed by atoms with Crippen molar-refractivity contribution in [3.63, 3.8) is 0 Å². The van der Waals surface area contributed by atoms with Crippen molar-refractivity contribution in [2.45, 2.75) is 61.0 Å². The fraction of sp³-hybridized carbons (Fsp3) is 0.261. The van der Waals surface area contributed by atoms with E-state index < -0.39 is 25.0 Å². The average molecular weight is 1030 g/mol. The lowest BCUT2D eigenvalue weighted by molar-refractivity contribution is -0.384. The molecule has 2 aromatic heterocycles. The number of furan rings is 2. The van der Waals surface area contributed by atoms with Gasteiger partial charge in [0.2, 0.25) is 10.2 Å². The number of nitrogens with one attached hydrogen (secondary N) is 4.